The van der Waals surface area contributed by atoms with E-state index in [9.17, 15) is 4.79 Å². The second-order valence-electron chi connectivity index (χ2n) is 5.32. The van der Waals surface area contributed by atoms with E-state index in [1.54, 1.807) is 6.92 Å². The van der Waals surface area contributed by atoms with Gasteiger partial charge in [0.05, 0.1) is 0 Å². The van der Waals surface area contributed by atoms with Gasteiger partial charge in [0.2, 0.25) is 0 Å². The van der Waals surface area contributed by atoms with E-state index in [2.05, 4.69) is 46.0 Å². The highest BCUT2D eigenvalue weighted by Gasteiger charge is 2.27. The van der Waals surface area contributed by atoms with E-state index in [4.69, 9.17) is 5.11 Å². The molecule has 2 rings (SSSR count). The molecule has 1 N–H and O–H groups in total. The van der Waals surface area contributed by atoms with Crippen LogP contribution in [0, 0.1) is 0 Å². The van der Waals surface area contributed by atoms with E-state index in [-0.39, 0.29) is 0 Å². The van der Waals surface area contributed by atoms with Gasteiger partial charge in [-0.1, -0.05) is 28.1 Å². The molecule has 1 heterocycles. The Balaban J connectivity index is 1.95. The molecule has 2 unspecified atom stereocenters. The molecule has 1 aliphatic heterocycles. The maximum Gasteiger partial charge on any atom is 0.320 e. The highest BCUT2D eigenvalue weighted by molar-refractivity contribution is 9.10. The van der Waals surface area contributed by atoms with Crippen molar-refractivity contribution < 1.29 is 9.90 Å². The highest BCUT2D eigenvalue weighted by atomic mass is 79.9. The minimum Gasteiger partial charge on any atom is -0.480 e. The van der Waals surface area contributed by atoms with E-state index < -0.39 is 12.0 Å². The average Bonchev–Trinajstić information content (AvgIpc) is 2.46. The molecule has 0 spiro atoms. The lowest BCUT2D eigenvalue weighted by molar-refractivity contribution is -0.143. The molecule has 0 amide bonds. The molecule has 110 valence electrons. The van der Waals surface area contributed by atoms with Crippen molar-refractivity contribution in [3.8, 4) is 0 Å². The number of aliphatic carboxylic acids is 1. The maximum absolute atomic E-state index is 11.0. The summed E-state index contributed by atoms with van der Waals surface area (Å²) in [6.07, 6.45) is 0. The highest BCUT2D eigenvalue weighted by Crippen LogP contribution is 2.24. The summed E-state index contributed by atoms with van der Waals surface area (Å²) in [7, 11) is 0. The van der Waals surface area contributed by atoms with Crippen LogP contribution in [0.3, 0.4) is 0 Å². The molecule has 1 aliphatic rings. The van der Waals surface area contributed by atoms with Gasteiger partial charge in [-0.2, -0.15) is 0 Å². The number of halogens is 1. The van der Waals surface area contributed by atoms with Crippen molar-refractivity contribution in [3.05, 3.63) is 34.3 Å². The third-order valence-corrected chi connectivity index (χ3v) is 4.63. The van der Waals surface area contributed by atoms with Crippen molar-refractivity contribution in [2.45, 2.75) is 25.9 Å². The molecule has 4 nitrogen and oxygen atoms in total. The van der Waals surface area contributed by atoms with E-state index in [0.29, 0.717) is 6.04 Å². The Labute approximate surface area is 128 Å². The second-order valence-corrected chi connectivity index (χ2v) is 6.23. The lowest BCUT2D eigenvalue weighted by Crippen LogP contribution is -2.52. The number of carboxylic acids is 1. The molecule has 5 heteroatoms. The van der Waals surface area contributed by atoms with Crippen LogP contribution in [0.25, 0.3) is 0 Å². The number of carboxylic acid groups (broad SMARTS) is 1. The molecule has 1 saturated heterocycles. The summed E-state index contributed by atoms with van der Waals surface area (Å²) in [5, 5.41) is 9.06. The van der Waals surface area contributed by atoms with Gasteiger partial charge in [0.15, 0.2) is 0 Å². The number of nitrogens with zero attached hydrogens (tertiary/aromatic N) is 2. The molecule has 0 saturated carbocycles. The first-order valence-corrected chi connectivity index (χ1v) is 7.74. The van der Waals surface area contributed by atoms with Crippen LogP contribution in [0.1, 0.15) is 25.5 Å². The Morgan fingerprint density at radius 2 is 1.80 bits per heavy atom. The first-order valence-electron chi connectivity index (χ1n) is 6.95. The molecule has 0 aromatic heterocycles. The summed E-state index contributed by atoms with van der Waals surface area (Å²) < 4.78 is 1.10. The van der Waals surface area contributed by atoms with Crippen molar-refractivity contribution in [3.63, 3.8) is 0 Å². The van der Waals surface area contributed by atoms with Gasteiger partial charge in [-0.3, -0.25) is 14.6 Å². The van der Waals surface area contributed by atoms with Gasteiger partial charge in [0.1, 0.15) is 6.04 Å². The molecule has 2 atom stereocenters. The normalized spacial score (nSPS) is 20.6. The Kier molecular flexibility index (Phi) is 5.18. The Morgan fingerprint density at radius 1 is 1.20 bits per heavy atom. The summed E-state index contributed by atoms with van der Waals surface area (Å²) in [5.41, 5.74) is 1.29. The average molecular weight is 341 g/mol. The maximum atomic E-state index is 11.0. The third kappa shape index (κ3) is 3.59. The van der Waals surface area contributed by atoms with Gasteiger partial charge < -0.3 is 5.11 Å². The van der Waals surface area contributed by atoms with Crippen LogP contribution < -0.4 is 0 Å². The van der Waals surface area contributed by atoms with Gasteiger partial charge in [-0.05, 0) is 31.5 Å². The molecular weight excluding hydrogens is 320 g/mol. The zero-order chi connectivity index (χ0) is 14.7. The number of hydrogen-bond donors (Lipinski definition) is 1. The molecule has 0 aliphatic carbocycles. The Morgan fingerprint density at radius 3 is 2.35 bits per heavy atom. The molecule has 1 aromatic rings. The topological polar surface area (TPSA) is 43.8 Å². The fourth-order valence-electron chi connectivity index (χ4n) is 2.65. The zero-order valence-corrected chi connectivity index (χ0v) is 13.5. The van der Waals surface area contributed by atoms with Crippen molar-refractivity contribution in [2.75, 3.05) is 26.2 Å². The van der Waals surface area contributed by atoms with Crippen molar-refractivity contribution in [2.24, 2.45) is 0 Å². The predicted molar refractivity (Wildman–Crippen MR) is 82.8 cm³/mol. The van der Waals surface area contributed by atoms with Crippen LogP contribution in [-0.2, 0) is 4.79 Å². The SMILES string of the molecule is CC(C(=O)O)N1CCN(C(C)c2cccc(Br)c2)CC1. The van der Waals surface area contributed by atoms with Crippen LogP contribution in [0.15, 0.2) is 28.7 Å². The standard InChI is InChI=1S/C15H21BrN2O2/c1-11(13-4-3-5-14(16)10-13)17-6-8-18(9-7-17)12(2)15(19)20/h3-5,10-12H,6-9H2,1-2H3,(H,19,20). The fraction of sp³-hybridized carbons (Fsp3) is 0.533. The molecule has 0 radical (unpaired) electrons. The summed E-state index contributed by atoms with van der Waals surface area (Å²) in [6, 6.07) is 8.34. The molecule has 20 heavy (non-hydrogen) atoms. The summed E-state index contributed by atoms with van der Waals surface area (Å²) in [4.78, 5) is 15.5. The van der Waals surface area contributed by atoms with Gasteiger partial charge in [0.25, 0.3) is 0 Å². The van der Waals surface area contributed by atoms with E-state index in [0.717, 1.165) is 30.7 Å². The van der Waals surface area contributed by atoms with Crippen LogP contribution in [0.2, 0.25) is 0 Å². The summed E-state index contributed by atoms with van der Waals surface area (Å²) in [5.74, 6) is -0.738. The quantitative estimate of drug-likeness (QED) is 0.914. The van der Waals surface area contributed by atoms with Crippen LogP contribution >= 0.6 is 15.9 Å². The van der Waals surface area contributed by atoms with Gasteiger partial charge in [0, 0.05) is 36.7 Å². The molecular formula is C15H21BrN2O2. The van der Waals surface area contributed by atoms with E-state index in [1.165, 1.54) is 5.56 Å². The van der Waals surface area contributed by atoms with Crippen molar-refractivity contribution in [1.29, 1.82) is 0 Å². The van der Waals surface area contributed by atoms with Crippen molar-refractivity contribution in [1.82, 2.24) is 9.80 Å². The first kappa shape index (κ1) is 15.5. The zero-order valence-electron chi connectivity index (χ0n) is 11.9. The van der Waals surface area contributed by atoms with Gasteiger partial charge in [-0.25, -0.2) is 0 Å². The number of hydrogen-bond acceptors (Lipinski definition) is 3. The summed E-state index contributed by atoms with van der Waals surface area (Å²) >= 11 is 3.51. The van der Waals surface area contributed by atoms with Gasteiger partial charge in [-0.15, -0.1) is 0 Å². The minimum absolute atomic E-state index is 0.356. The van der Waals surface area contributed by atoms with Crippen molar-refractivity contribution >= 4 is 21.9 Å². The third-order valence-electron chi connectivity index (χ3n) is 4.13. The second kappa shape index (κ2) is 6.70. The lowest BCUT2D eigenvalue weighted by atomic mass is 10.1. The molecule has 0 bridgehead atoms. The minimum atomic E-state index is -0.738. The van der Waals surface area contributed by atoms with Crippen LogP contribution in [-0.4, -0.2) is 53.1 Å². The lowest BCUT2D eigenvalue weighted by Gasteiger charge is -2.39. The van der Waals surface area contributed by atoms with Gasteiger partial charge >= 0.3 is 5.97 Å². The first-order chi connectivity index (χ1) is 9.49. The largest absolute Gasteiger partial charge is 0.480 e. The predicted octanol–water partition coefficient (Wildman–Crippen LogP) is 2.60. The van der Waals surface area contributed by atoms with Crippen LogP contribution in [0.5, 0.6) is 0 Å². The monoisotopic (exact) mass is 340 g/mol. The fourth-order valence-corrected chi connectivity index (χ4v) is 3.06. The Bertz CT molecular complexity index is 473. The van der Waals surface area contributed by atoms with Crippen LogP contribution in [0.4, 0.5) is 0 Å². The number of piperazine rings is 1. The number of carbonyl (C=O) groups is 1. The number of rotatable bonds is 4. The Hall–Kier alpha value is -0.910. The van der Waals surface area contributed by atoms with E-state index in [1.807, 2.05) is 11.0 Å². The van der Waals surface area contributed by atoms with E-state index >= 15 is 0 Å². The summed E-state index contributed by atoms with van der Waals surface area (Å²) in [6.45, 7) is 7.40. The smallest absolute Gasteiger partial charge is 0.320 e. The molecule has 1 aromatic carbocycles. The number of benzene rings is 1. The molecule has 1 fully saturated rings.